The highest BCUT2D eigenvalue weighted by Gasteiger charge is 2.37. The number of aromatic nitrogens is 2. The van der Waals surface area contributed by atoms with Crippen molar-refractivity contribution < 1.29 is 18.6 Å². The number of ether oxygens (including phenoxy) is 3. The minimum absolute atomic E-state index is 0.0260. The van der Waals surface area contributed by atoms with E-state index in [1.165, 1.54) is 6.07 Å². The van der Waals surface area contributed by atoms with Gasteiger partial charge < -0.3 is 14.2 Å². The lowest BCUT2D eigenvalue weighted by Gasteiger charge is -2.29. The summed E-state index contributed by atoms with van der Waals surface area (Å²) in [5, 5.41) is 0. The fourth-order valence-electron chi connectivity index (χ4n) is 4.08. The second-order valence-electron chi connectivity index (χ2n) is 7.59. The second kappa shape index (κ2) is 7.99. The van der Waals surface area contributed by atoms with E-state index in [0.717, 1.165) is 23.6 Å². The van der Waals surface area contributed by atoms with Crippen molar-refractivity contribution in [3.63, 3.8) is 0 Å². The Morgan fingerprint density at radius 3 is 2.66 bits per heavy atom. The van der Waals surface area contributed by atoms with Crippen LogP contribution < -0.4 is 14.2 Å². The van der Waals surface area contributed by atoms with Crippen LogP contribution >= 0.6 is 0 Å². The van der Waals surface area contributed by atoms with Gasteiger partial charge in [0.2, 0.25) is 0 Å². The zero-order valence-corrected chi connectivity index (χ0v) is 17.0. The zero-order valence-electron chi connectivity index (χ0n) is 17.0. The van der Waals surface area contributed by atoms with E-state index in [-0.39, 0.29) is 18.2 Å². The Balaban J connectivity index is 1.53. The molecule has 1 fully saturated rings. The third-order valence-corrected chi connectivity index (χ3v) is 5.38. The van der Waals surface area contributed by atoms with E-state index in [2.05, 4.69) is 21.4 Å². The summed E-state index contributed by atoms with van der Waals surface area (Å²) >= 11 is 0. The highest BCUT2D eigenvalue weighted by atomic mass is 19.1. The molecule has 0 N–H and O–H groups in total. The molecular formula is C22H26FN3O3. The minimum atomic E-state index is -0.394. The van der Waals surface area contributed by atoms with E-state index >= 15 is 0 Å². The van der Waals surface area contributed by atoms with Crippen LogP contribution in [0.3, 0.4) is 0 Å². The molecule has 1 saturated heterocycles. The minimum Gasteiger partial charge on any atom is -0.489 e. The first-order chi connectivity index (χ1) is 13.9. The van der Waals surface area contributed by atoms with Gasteiger partial charge in [0.1, 0.15) is 30.9 Å². The lowest BCUT2D eigenvalue weighted by Crippen LogP contribution is -2.33. The SMILES string of the molecule is C=C[C@H]1C[C@@H](Oc2cc(C)nc(C)c2)CN1[C@@H](C)c1nc2c(cc1F)OCCO2. The molecule has 0 bridgehead atoms. The number of nitrogens with zero attached hydrogens (tertiary/aromatic N) is 3. The molecular weight excluding hydrogens is 373 g/mol. The van der Waals surface area contributed by atoms with E-state index in [0.29, 0.717) is 37.1 Å². The van der Waals surface area contributed by atoms with Gasteiger partial charge in [0, 0.05) is 48.6 Å². The van der Waals surface area contributed by atoms with Gasteiger partial charge in [0.25, 0.3) is 5.88 Å². The van der Waals surface area contributed by atoms with E-state index in [1.54, 1.807) is 0 Å². The summed E-state index contributed by atoms with van der Waals surface area (Å²) in [5.41, 5.74) is 2.19. The average Bonchev–Trinajstić information content (AvgIpc) is 3.09. The van der Waals surface area contributed by atoms with Crippen LogP contribution in [0.2, 0.25) is 0 Å². The van der Waals surface area contributed by atoms with Crippen LogP contribution in [-0.4, -0.2) is 46.8 Å². The maximum atomic E-state index is 14.8. The topological polar surface area (TPSA) is 56.7 Å². The highest BCUT2D eigenvalue weighted by molar-refractivity contribution is 5.37. The Hall–Kier alpha value is -2.67. The van der Waals surface area contributed by atoms with Crippen molar-refractivity contribution in [3.8, 4) is 17.4 Å². The standard InChI is InChI=1S/C22H26FN3O3/c1-5-16-10-18(29-17-8-13(2)24-14(3)9-17)12-26(16)15(4)21-19(23)11-20-22(25-21)28-7-6-27-20/h5,8-9,11,15-16,18H,1,6-7,10,12H2,2-4H3/t15-,16-,18+/m0/s1. The number of halogens is 1. The number of likely N-dealkylation sites (tertiary alicyclic amines) is 1. The predicted octanol–water partition coefficient (Wildman–Crippen LogP) is 3.77. The molecule has 0 spiro atoms. The smallest absolute Gasteiger partial charge is 0.257 e. The Bertz CT molecular complexity index is 900. The molecule has 7 heteroatoms. The van der Waals surface area contributed by atoms with Crippen molar-refractivity contribution >= 4 is 0 Å². The van der Waals surface area contributed by atoms with Gasteiger partial charge in [-0.1, -0.05) is 6.08 Å². The van der Waals surface area contributed by atoms with Crippen LogP contribution in [0.15, 0.2) is 30.9 Å². The van der Waals surface area contributed by atoms with E-state index in [9.17, 15) is 4.39 Å². The van der Waals surface area contributed by atoms with Gasteiger partial charge in [-0.25, -0.2) is 9.37 Å². The molecule has 0 aromatic carbocycles. The number of pyridine rings is 2. The summed E-state index contributed by atoms with van der Waals surface area (Å²) in [6, 6.07) is 5.04. The summed E-state index contributed by atoms with van der Waals surface area (Å²) in [6.45, 7) is 11.3. The number of hydrogen-bond donors (Lipinski definition) is 0. The van der Waals surface area contributed by atoms with E-state index < -0.39 is 5.82 Å². The predicted molar refractivity (Wildman–Crippen MR) is 107 cm³/mol. The summed E-state index contributed by atoms with van der Waals surface area (Å²) in [5.74, 6) is 1.12. The molecule has 2 aromatic heterocycles. The van der Waals surface area contributed by atoms with E-state index in [4.69, 9.17) is 14.2 Å². The van der Waals surface area contributed by atoms with Crippen molar-refractivity contribution in [2.75, 3.05) is 19.8 Å². The number of aryl methyl sites for hydroxylation is 2. The molecule has 0 saturated carbocycles. The van der Waals surface area contributed by atoms with Crippen molar-refractivity contribution in [3.05, 3.63) is 53.8 Å². The largest absolute Gasteiger partial charge is 0.489 e. The molecule has 2 aliphatic rings. The van der Waals surface area contributed by atoms with Gasteiger partial charge in [-0.3, -0.25) is 9.88 Å². The van der Waals surface area contributed by atoms with Gasteiger partial charge >= 0.3 is 0 Å². The van der Waals surface area contributed by atoms with Gasteiger partial charge in [0.05, 0.1) is 11.7 Å². The summed E-state index contributed by atoms with van der Waals surface area (Å²) in [7, 11) is 0. The van der Waals surface area contributed by atoms with Crippen LogP contribution in [0.25, 0.3) is 0 Å². The van der Waals surface area contributed by atoms with Crippen molar-refractivity contribution in [1.82, 2.24) is 14.9 Å². The van der Waals surface area contributed by atoms with Crippen LogP contribution in [0.1, 0.15) is 36.5 Å². The van der Waals surface area contributed by atoms with Gasteiger partial charge in [0.15, 0.2) is 5.75 Å². The van der Waals surface area contributed by atoms with Crippen LogP contribution in [0.5, 0.6) is 17.4 Å². The van der Waals surface area contributed by atoms with Gasteiger partial charge in [-0.15, -0.1) is 6.58 Å². The normalized spacial score (nSPS) is 22.3. The third kappa shape index (κ3) is 4.05. The Kier molecular flexibility index (Phi) is 5.41. The molecule has 3 atom stereocenters. The van der Waals surface area contributed by atoms with E-state index in [1.807, 2.05) is 39.0 Å². The van der Waals surface area contributed by atoms with Crippen LogP contribution in [0, 0.1) is 19.7 Å². The van der Waals surface area contributed by atoms with Crippen molar-refractivity contribution in [2.24, 2.45) is 0 Å². The molecule has 0 amide bonds. The molecule has 0 aliphatic carbocycles. The lowest BCUT2D eigenvalue weighted by molar-refractivity contribution is 0.155. The summed E-state index contributed by atoms with van der Waals surface area (Å²) in [4.78, 5) is 11.0. The summed E-state index contributed by atoms with van der Waals surface area (Å²) in [6.07, 6.45) is 2.64. The second-order valence-corrected chi connectivity index (χ2v) is 7.59. The first-order valence-corrected chi connectivity index (χ1v) is 9.91. The van der Waals surface area contributed by atoms with Crippen LogP contribution in [-0.2, 0) is 0 Å². The van der Waals surface area contributed by atoms with Crippen molar-refractivity contribution in [2.45, 2.75) is 45.4 Å². The quantitative estimate of drug-likeness (QED) is 0.714. The molecule has 4 rings (SSSR count). The Labute approximate surface area is 170 Å². The molecule has 154 valence electrons. The summed E-state index contributed by atoms with van der Waals surface area (Å²) < 4.78 is 31.9. The van der Waals surface area contributed by atoms with Crippen molar-refractivity contribution in [1.29, 1.82) is 0 Å². The first-order valence-electron chi connectivity index (χ1n) is 9.91. The molecule has 6 nitrogen and oxygen atoms in total. The molecule has 4 heterocycles. The van der Waals surface area contributed by atoms with Gasteiger partial charge in [-0.05, 0) is 20.8 Å². The highest BCUT2D eigenvalue weighted by Crippen LogP contribution is 2.36. The van der Waals surface area contributed by atoms with Crippen LogP contribution in [0.4, 0.5) is 4.39 Å². The Morgan fingerprint density at radius 2 is 1.93 bits per heavy atom. The number of hydrogen-bond acceptors (Lipinski definition) is 6. The molecule has 2 aromatic rings. The molecule has 29 heavy (non-hydrogen) atoms. The molecule has 2 aliphatic heterocycles. The average molecular weight is 399 g/mol. The molecule has 0 unspecified atom stereocenters. The maximum Gasteiger partial charge on any atom is 0.257 e. The number of rotatable bonds is 5. The Morgan fingerprint density at radius 1 is 1.21 bits per heavy atom. The monoisotopic (exact) mass is 399 g/mol. The fraction of sp³-hybridized carbons (Fsp3) is 0.455. The third-order valence-electron chi connectivity index (χ3n) is 5.38. The lowest BCUT2D eigenvalue weighted by atomic mass is 10.1. The maximum absolute atomic E-state index is 14.8. The zero-order chi connectivity index (χ0) is 20.5. The molecule has 0 radical (unpaired) electrons. The number of fused-ring (bicyclic) bond motifs is 1. The van der Waals surface area contributed by atoms with Gasteiger partial charge in [-0.2, -0.15) is 0 Å². The fourth-order valence-corrected chi connectivity index (χ4v) is 4.08. The first kappa shape index (κ1) is 19.6.